The molecule has 0 atom stereocenters. The van der Waals surface area contributed by atoms with Crippen LogP contribution < -0.4 is 15.5 Å². The van der Waals surface area contributed by atoms with E-state index >= 15 is 0 Å². The van der Waals surface area contributed by atoms with Gasteiger partial charge in [-0.1, -0.05) is 11.6 Å². The van der Waals surface area contributed by atoms with E-state index in [0.29, 0.717) is 10.7 Å². The van der Waals surface area contributed by atoms with Crippen LogP contribution in [-0.4, -0.2) is 40.2 Å². The number of amides is 1. The standard InChI is InChI=1S/C19H22ClN3O3S/c1-27(25,26)16-7-5-15(6-8-16)22-19(24)13-21-17-12-14(20)4-9-18(17)23-10-2-3-11-23/h4-9,12,21H,2-3,10-11,13H2,1H3,(H,22,24). The molecule has 27 heavy (non-hydrogen) atoms. The molecule has 0 bridgehead atoms. The molecule has 0 spiro atoms. The molecule has 1 saturated heterocycles. The van der Waals surface area contributed by atoms with Crippen molar-refractivity contribution in [3.8, 4) is 0 Å². The number of anilines is 3. The van der Waals surface area contributed by atoms with Gasteiger partial charge in [-0.25, -0.2) is 8.42 Å². The number of nitrogens with one attached hydrogen (secondary N) is 2. The summed E-state index contributed by atoms with van der Waals surface area (Å²) in [5.41, 5.74) is 2.41. The second kappa shape index (κ2) is 8.19. The number of rotatable bonds is 6. The summed E-state index contributed by atoms with van der Waals surface area (Å²) in [6.45, 7) is 2.07. The zero-order valence-corrected chi connectivity index (χ0v) is 16.6. The molecular weight excluding hydrogens is 386 g/mol. The van der Waals surface area contributed by atoms with E-state index in [9.17, 15) is 13.2 Å². The Kier molecular flexibility index (Phi) is 5.92. The van der Waals surface area contributed by atoms with Crippen LogP contribution in [0.15, 0.2) is 47.4 Å². The van der Waals surface area contributed by atoms with Crippen LogP contribution >= 0.6 is 11.6 Å². The monoisotopic (exact) mass is 407 g/mol. The Morgan fingerprint density at radius 2 is 1.78 bits per heavy atom. The number of sulfone groups is 1. The van der Waals surface area contributed by atoms with Crippen LogP contribution in [0.1, 0.15) is 12.8 Å². The Labute approximate surface area is 164 Å². The lowest BCUT2D eigenvalue weighted by molar-refractivity contribution is -0.114. The summed E-state index contributed by atoms with van der Waals surface area (Å²) in [6.07, 6.45) is 3.46. The minimum Gasteiger partial charge on any atom is -0.374 e. The van der Waals surface area contributed by atoms with Crippen LogP contribution in [0.25, 0.3) is 0 Å². The summed E-state index contributed by atoms with van der Waals surface area (Å²) in [5, 5.41) is 6.51. The van der Waals surface area contributed by atoms with E-state index in [1.165, 1.54) is 12.1 Å². The van der Waals surface area contributed by atoms with Gasteiger partial charge in [0.05, 0.1) is 22.8 Å². The Morgan fingerprint density at radius 3 is 2.41 bits per heavy atom. The molecule has 1 fully saturated rings. The van der Waals surface area contributed by atoms with Gasteiger partial charge in [0.2, 0.25) is 5.91 Å². The number of benzene rings is 2. The predicted octanol–water partition coefficient (Wildman–Crippen LogP) is 3.39. The summed E-state index contributed by atoms with van der Waals surface area (Å²) in [7, 11) is -3.25. The Bertz CT molecular complexity index is 924. The molecule has 2 N–H and O–H groups in total. The largest absolute Gasteiger partial charge is 0.374 e. The van der Waals surface area contributed by atoms with Crippen molar-refractivity contribution in [2.24, 2.45) is 0 Å². The molecule has 8 heteroatoms. The maximum atomic E-state index is 12.2. The van der Waals surface area contributed by atoms with Crippen LogP contribution in [0.2, 0.25) is 5.02 Å². The third-order valence-corrected chi connectivity index (χ3v) is 5.77. The molecule has 144 valence electrons. The van der Waals surface area contributed by atoms with Gasteiger partial charge in [-0.15, -0.1) is 0 Å². The number of halogens is 1. The van der Waals surface area contributed by atoms with Crippen molar-refractivity contribution in [1.29, 1.82) is 0 Å². The van der Waals surface area contributed by atoms with Gasteiger partial charge in [0.1, 0.15) is 0 Å². The molecule has 0 aliphatic carbocycles. The summed E-state index contributed by atoms with van der Waals surface area (Å²) < 4.78 is 23.0. The van der Waals surface area contributed by atoms with Crippen molar-refractivity contribution in [2.45, 2.75) is 17.7 Å². The van der Waals surface area contributed by atoms with Crippen molar-refractivity contribution < 1.29 is 13.2 Å². The minimum absolute atomic E-state index is 0.0784. The van der Waals surface area contributed by atoms with E-state index < -0.39 is 9.84 Å². The highest BCUT2D eigenvalue weighted by atomic mass is 35.5. The molecule has 1 amide bonds. The maximum absolute atomic E-state index is 12.2. The van der Waals surface area contributed by atoms with Gasteiger partial charge in [-0.05, 0) is 55.3 Å². The van der Waals surface area contributed by atoms with E-state index in [1.54, 1.807) is 12.1 Å². The Balaban J connectivity index is 1.63. The van der Waals surface area contributed by atoms with Gasteiger partial charge in [0.15, 0.2) is 9.84 Å². The van der Waals surface area contributed by atoms with E-state index in [-0.39, 0.29) is 17.3 Å². The fourth-order valence-electron chi connectivity index (χ4n) is 3.05. The van der Waals surface area contributed by atoms with E-state index in [4.69, 9.17) is 11.6 Å². The van der Waals surface area contributed by atoms with Crippen molar-refractivity contribution in [3.63, 3.8) is 0 Å². The topological polar surface area (TPSA) is 78.5 Å². The lowest BCUT2D eigenvalue weighted by Crippen LogP contribution is -2.24. The van der Waals surface area contributed by atoms with Gasteiger partial charge in [-0.3, -0.25) is 4.79 Å². The second-order valence-electron chi connectivity index (χ2n) is 6.55. The SMILES string of the molecule is CS(=O)(=O)c1ccc(NC(=O)CNc2cc(Cl)ccc2N2CCCC2)cc1. The summed E-state index contributed by atoms with van der Waals surface area (Å²) in [6, 6.07) is 11.7. The van der Waals surface area contributed by atoms with Crippen LogP contribution in [0.5, 0.6) is 0 Å². The van der Waals surface area contributed by atoms with Crippen LogP contribution in [-0.2, 0) is 14.6 Å². The van der Waals surface area contributed by atoms with Gasteiger partial charge >= 0.3 is 0 Å². The first-order valence-electron chi connectivity index (χ1n) is 8.71. The van der Waals surface area contributed by atoms with Crippen molar-refractivity contribution in [3.05, 3.63) is 47.5 Å². The zero-order chi connectivity index (χ0) is 19.4. The molecule has 3 rings (SSSR count). The summed E-state index contributed by atoms with van der Waals surface area (Å²) in [4.78, 5) is 14.7. The zero-order valence-electron chi connectivity index (χ0n) is 15.0. The molecule has 0 aromatic heterocycles. The highest BCUT2D eigenvalue weighted by Gasteiger charge is 2.16. The fourth-order valence-corrected chi connectivity index (χ4v) is 3.85. The molecule has 0 saturated carbocycles. The van der Waals surface area contributed by atoms with Crippen molar-refractivity contribution in [1.82, 2.24) is 0 Å². The van der Waals surface area contributed by atoms with Gasteiger partial charge in [-0.2, -0.15) is 0 Å². The number of carbonyl (C=O) groups excluding carboxylic acids is 1. The number of carbonyl (C=O) groups is 1. The van der Waals surface area contributed by atoms with E-state index in [0.717, 1.165) is 43.6 Å². The lowest BCUT2D eigenvalue weighted by Gasteiger charge is -2.22. The van der Waals surface area contributed by atoms with Crippen LogP contribution in [0.3, 0.4) is 0 Å². The Hall–Kier alpha value is -2.25. The average Bonchev–Trinajstić information content (AvgIpc) is 3.14. The maximum Gasteiger partial charge on any atom is 0.243 e. The Morgan fingerprint density at radius 1 is 1.11 bits per heavy atom. The normalized spacial score (nSPS) is 14.2. The predicted molar refractivity (Wildman–Crippen MR) is 110 cm³/mol. The van der Waals surface area contributed by atoms with Gasteiger partial charge < -0.3 is 15.5 Å². The molecule has 0 radical (unpaired) electrons. The second-order valence-corrected chi connectivity index (χ2v) is 9.01. The number of hydrogen-bond acceptors (Lipinski definition) is 5. The third kappa shape index (κ3) is 5.14. The molecule has 6 nitrogen and oxygen atoms in total. The minimum atomic E-state index is -3.25. The average molecular weight is 408 g/mol. The molecular formula is C19H22ClN3O3S. The van der Waals surface area contributed by atoms with Crippen molar-refractivity contribution >= 4 is 44.4 Å². The first-order valence-corrected chi connectivity index (χ1v) is 11.0. The highest BCUT2D eigenvalue weighted by molar-refractivity contribution is 7.90. The van der Waals surface area contributed by atoms with E-state index in [2.05, 4.69) is 15.5 Å². The lowest BCUT2D eigenvalue weighted by atomic mass is 10.2. The molecule has 2 aromatic rings. The quantitative estimate of drug-likeness (QED) is 0.767. The van der Waals surface area contributed by atoms with Gasteiger partial charge in [0.25, 0.3) is 0 Å². The number of nitrogens with zero attached hydrogens (tertiary/aromatic N) is 1. The molecule has 1 aliphatic rings. The first kappa shape index (κ1) is 19.5. The van der Waals surface area contributed by atoms with Crippen molar-refractivity contribution in [2.75, 3.05) is 41.4 Å². The summed E-state index contributed by atoms with van der Waals surface area (Å²) >= 11 is 6.11. The molecule has 1 heterocycles. The fraction of sp³-hybridized carbons (Fsp3) is 0.316. The van der Waals surface area contributed by atoms with Crippen LogP contribution in [0.4, 0.5) is 17.1 Å². The highest BCUT2D eigenvalue weighted by Crippen LogP contribution is 2.31. The summed E-state index contributed by atoms with van der Waals surface area (Å²) in [5.74, 6) is -0.227. The third-order valence-electron chi connectivity index (χ3n) is 4.41. The molecule has 0 unspecified atom stereocenters. The first-order chi connectivity index (χ1) is 12.8. The van der Waals surface area contributed by atoms with Crippen LogP contribution in [0, 0.1) is 0 Å². The number of hydrogen-bond donors (Lipinski definition) is 2. The van der Waals surface area contributed by atoms with E-state index in [1.807, 2.05) is 18.2 Å². The molecule has 2 aromatic carbocycles. The molecule has 1 aliphatic heterocycles. The smallest absolute Gasteiger partial charge is 0.243 e. The van der Waals surface area contributed by atoms with Gasteiger partial charge in [0, 0.05) is 30.1 Å².